The van der Waals surface area contributed by atoms with Gasteiger partial charge in [-0.25, -0.2) is 0 Å². The largest absolute Gasteiger partial charge is 0.425 e. The lowest BCUT2D eigenvalue weighted by atomic mass is 10.00. The van der Waals surface area contributed by atoms with Gasteiger partial charge in [0.15, 0.2) is 0 Å². The molecule has 0 spiro atoms. The number of hydrogen-bond donors (Lipinski definition) is 0. The van der Waals surface area contributed by atoms with Gasteiger partial charge in [0.2, 0.25) is 11.8 Å². The highest BCUT2D eigenvalue weighted by atomic mass is 16.4. The van der Waals surface area contributed by atoms with E-state index in [0.717, 1.165) is 60.0 Å². The van der Waals surface area contributed by atoms with Crippen molar-refractivity contribution in [2.24, 2.45) is 0 Å². The molecule has 0 N–H and O–H groups in total. The maximum Gasteiger partial charge on any atom is 0.219 e. The molecule has 0 unspecified atom stereocenters. The monoisotopic (exact) mass is 457 g/mol. The Labute approximate surface area is 202 Å². The van der Waals surface area contributed by atoms with E-state index in [4.69, 9.17) is 14.6 Å². The third kappa shape index (κ3) is 5.99. The summed E-state index contributed by atoms with van der Waals surface area (Å²) in [4.78, 5) is 1.82. The van der Waals surface area contributed by atoms with E-state index >= 15 is 0 Å². The normalized spacial score (nSPS) is 11.6. The van der Waals surface area contributed by atoms with Crippen LogP contribution in [0, 0.1) is 0 Å². The Hall–Kier alpha value is -3.28. The third-order valence-electron chi connectivity index (χ3n) is 5.92. The molecule has 0 aliphatic heterocycles. The summed E-state index contributed by atoms with van der Waals surface area (Å²) >= 11 is 0. The summed E-state index contributed by atoms with van der Waals surface area (Å²) < 4.78 is 5.70. The van der Waals surface area contributed by atoms with Crippen molar-refractivity contribution >= 4 is 0 Å². The van der Waals surface area contributed by atoms with Crippen molar-refractivity contribution in [2.45, 2.75) is 78.2 Å². The highest BCUT2D eigenvalue weighted by Crippen LogP contribution is 2.30. The van der Waals surface area contributed by atoms with Gasteiger partial charge in [0.05, 0.1) is 6.04 Å². The van der Waals surface area contributed by atoms with Gasteiger partial charge < -0.3 is 4.42 Å². The summed E-state index contributed by atoms with van der Waals surface area (Å²) in [5.41, 5.74) is 5.45. The van der Waals surface area contributed by atoms with Crippen LogP contribution in [0.25, 0.3) is 22.5 Å². The second kappa shape index (κ2) is 11.2. The van der Waals surface area contributed by atoms with Gasteiger partial charge in [0.1, 0.15) is 11.4 Å². The first-order valence-electron chi connectivity index (χ1n) is 12.4. The van der Waals surface area contributed by atoms with E-state index in [9.17, 15) is 0 Å². The molecular weight excluding hydrogens is 422 g/mol. The van der Waals surface area contributed by atoms with E-state index < -0.39 is 0 Å². The molecule has 0 saturated heterocycles. The zero-order valence-corrected chi connectivity index (χ0v) is 20.7. The SMILES string of the molecule is CC(C)c1nnc(CCCCCCc2cccc(-c3nn(C(C)C)nc3-c3ccccc3)c2)o1. The standard InChI is InChI=1S/C28H35N5O/c1-20(2)28-30-29-25(34-28)18-11-6-5-8-13-22-14-12-17-24(19-22)27-26(23-15-9-7-10-16-23)31-33(32-27)21(3)4/h7,9-10,12,14-17,19-21H,5-6,8,11,13,18H2,1-4H3. The second-order valence-corrected chi connectivity index (χ2v) is 9.48. The van der Waals surface area contributed by atoms with Crippen molar-refractivity contribution < 1.29 is 4.42 Å². The van der Waals surface area contributed by atoms with Crippen LogP contribution in [0.3, 0.4) is 0 Å². The van der Waals surface area contributed by atoms with Crippen molar-refractivity contribution in [1.29, 1.82) is 0 Å². The summed E-state index contributed by atoms with van der Waals surface area (Å²) in [5.74, 6) is 1.79. The smallest absolute Gasteiger partial charge is 0.219 e. The fourth-order valence-corrected chi connectivity index (χ4v) is 3.97. The van der Waals surface area contributed by atoms with Crippen LogP contribution in [-0.2, 0) is 12.8 Å². The summed E-state index contributed by atoms with van der Waals surface area (Å²) in [6.45, 7) is 8.36. The molecule has 0 bridgehead atoms. The molecule has 4 rings (SSSR count). The molecule has 2 heterocycles. The maximum absolute atomic E-state index is 5.70. The first kappa shape index (κ1) is 23.9. The van der Waals surface area contributed by atoms with Crippen LogP contribution in [-0.4, -0.2) is 25.2 Å². The first-order chi connectivity index (χ1) is 16.5. The molecule has 0 fully saturated rings. The summed E-state index contributed by atoms with van der Waals surface area (Å²) in [7, 11) is 0. The van der Waals surface area contributed by atoms with Crippen LogP contribution < -0.4 is 0 Å². The molecule has 6 heteroatoms. The van der Waals surface area contributed by atoms with Gasteiger partial charge in [0.25, 0.3) is 0 Å². The average Bonchev–Trinajstić information content (AvgIpc) is 3.50. The zero-order chi connectivity index (χ0) is 23.9. The molecule has 2 aromatic carbocycles. The quantitative estimate of drug-likeness (QED) is 0.226. The van der Waals surface area contributed by atoms with E-state index in [0.29, 0.717) is 0 Å². The van der Waals surface area contributed by atoms with E-state index in [2.05, 4.69) is 74.3 Å². The predicted molar refractivity (Wildman–Crippen MR) is 136 cm³/mol. The van der Waals surface area contributed by atoms with Crippen molar-refractivity contribution in [2.75, 3.05) is 0 Å². The Morgan fingerprint density at radius 2 is 1.41 bits per heavy atom. The lowest BCUT2D eigenvalue weighted by Crippen LogP contribution is -2.04. The van der Waals surface area contributed by atoms with Crippen LogP contribution in [0.2, 0.25) is 0 Å². The molecule has 0 atom stereocenters. The van der Waals surface area contributed by atoms with Crippen molar-refractivity contribution in [3.8, 4) is 22.5 Å². The highest BCUT2D eigenvalue weighted by molar-refractivity contribution is 5.77. The Morgan fingerprint density at radius 3 is 2.09 bits per heavy atom. The molecule has 0 amide bonds. The van der Waals surface area contributed by atoms with Crippen LogP contribution in [0.1, 0.15) is 82.7 Å². The number of benzene rings is 2. The maximum atomic E-state index is 5.70. The van der Waals surface area contributed by atoms with Gasteiger partial charge in [-0.3, -0.25) is 0 Å². The molecule has 0 saturated carbocycles. The number of aromatic nitrogens is 5. The van der Waals surface area contributed by atoms with Gasteiger partial charge in [-0.15, -0.1) is 10.2 Å². The van der Waals surface area contributed by atoms with Crippen LogP contribution >= 0.6 is 0 Å². The molecule has 0 aliphatic rings. The molecule has 2 aromatic heterocycles. The van der Waals surface area contributed by atoms with Crippen LogP contribution in [0.4, 0.5) is 0 Å². The fraction of sp³-hybridized carbons (Fsp3) is 0.429. The Balaban J connectivity index is 1.35. The molecule has 6 nitrogen and oxygen atoms in total. The Morgan fingerprint density at radius 1 is 0.735 bits per heavy atom. The molecule has 4 aromatic rings. The summed E-state index contributed by atoms with van der Waals surface area (Å²) in [6, 6.07) is 19.3. The number of rotatable bonds is 11. The number of nitrogens with zero attached hydrogens (tertiary/aromatic N) is 5. The van der Waals surface area contributed by atoms with E-state index in [-0.39, 0.29) is 12.0 Å². The van der Waals surface area contributed by atoms with Gasteiger partial charge >= 0.3 is 0 Å². The van der Waals surface area contributed by atoms with Crippen molar-refractivity contribution in [3.63, 3.8) is 0 Å². The summed E-state index contributed by atoms with van der Waals surface area (Å²) in [6.07, 6.45) is 6.52. The third-order valence-corrected chi connectivity index (χ3v) is 5.92. The number of hydrogen-bond acceptors (Lipinski definition) is 5. The lowest BCUT2D eigenvalue weighted by molar-refractivity contribution is 0.425. The predicted octanol–water partition coefficient (Wildman–Crippen LogP) is 7.05. The summed E-state index contributed by atoms with van der Waals surface area (Å²) in [5, 5.41) is 17.9. The van der Waals surface area contributed by atoms with Crippen LogP contribution in [0.15, 0.2) is 59.0 Å². The van der Waals surface area contributed by atoms with Crippen molar-refractivity contribution in [1.82, 2.24) is 25.2 Å². The van der Waals surface area contributed by atoms with E-state index in [1.54, 1.807) is 0 Å². The van der Waals surface area contributed by atoms with Gasteiger partial charge in [-0.1, -0.05) is 75.2 Å². The van der Waals surface area contributed by atoms with Gasteiger partial charge in [0, 0.05) is 23.5 Å². The van der Waals surface area contributed by atoms with E-state index in [1.807, 2.05) is 23.0 Å². The van der Waals surface area contributed by atoms with Gasteiger partial charge in [-0.05, 0) is 44.7 Å². The number of unbranched alkanes of at least 4 members (excludes halogenated alkanes) is 3. The minimum Gasteiger partial charge on any atom is -0.425 e. The first-order valence-corrected chi connectivity index (χ1v) is 12.4. The van der Waals surface area contributed by atoms with Gasteiger partial charge in [-0.2, -0.15) is 15.0 Å². The lowest BCUT2D eigenvalue weighted by Gasteiger charge is -2.06. The fourth-order valence-electron chi connectivity index (χ4n) is 3.97. The number of aryl methyl sites for hydroxylation is 2. The Kier molecular flexibility index (Phi) is 7.88. The van der Waals surface area contributed by atoms with E-state index in [1.165, 1.54) is 18.4 Å². The van der Waals surface area contributed by atoms with Crippen molar-refractivity contribution in [3.05, 3.63) is 71.9 Å². The minimum atomic E-state index is 0.212. The highest BCUT2D eigenvalue weighted by Gasteiger charge is 2.16. The average molecular weight is 458 g/mol. The molecule has 34 heavy (non-hydrogen) atoms. The topological polar surface area (TPSA) is 69.6 Å². The van der Waals surface area contributed by atoms with Crippen LogP contribution in [0.5, 0.6) is 0 Å². The second-order valence-electron chi connectivity index (χ2n) is 9.48. The minimum absolute atomic E-state index is 0.212. The molecule has 0 aliphatic carbocycles. The Bertz CT molecular complexity index is 1180. The molecule has 0 radical (unpaired) electrons. The zero-order valence-electron chi connectivity index (χ0n) is 20.7. The molecular formula is C28H35N5O. The molecule has 178 valence electrons.